The van der Waals surface area contributed by atoms with Crippen molar-refractivity contribution in [2.75, 3.05) is 19.5 Å². The Labute approximate surface area is 107 Å². The van der Waals surface area contributed by atoms with Crippen LogP contribution in [0.3, 0.4) is 0 Å². The van der Waals surface area contributed by atoms with E-state index in [9.17, 15) is 4.79 Å². The third-order valence-electron chi connectivity index (χ3n) is 2.40. The lowest BCUT2D eigenvalue weighted by molar-refractivity contribution is 0.250. The largest absolute Gasteiger partial charge is 0.493 e. The van der Waals surface area contributed by atoms with Gasteiger partial charge in [-0.2, -0.15) is 0 Å². The highest BCUT2D eigenvalue weighted by Crippen LogP contribution is 2.32. The molecule has 2 amide bonds. The molecule has 1 aromatic rings. The van der Waals surface area contributed by atoms with Gasteiger partial charge in [-0.15, -0.1) is 0 Å². The van der Waals surface area contributed by atoms with Crippen LogP contribution in [0.4, 0.5) is 10.5 Å². The molecule has 2 N–H and O–H groups in total. The third kappa shape index (κ3) is 3.55. The van der Waals surface area contributed by atoms with Crippen LogP contribution in [-0.2, 0) is 0 Å². The molecule has 0 aliphatic carbocycles. The molecule has 0 atom stereocenters. The molecule has 5 heteroatoms. The number of carbonyl (C=O) groups excluding carboxylic acids is 1. The molecule has 0 aromatic heterocycles. The van der Waals surface area contributed by atoms with Crippen molar-refractivity contribution in [2.24, 2.45) is 0 Å². The fourth-order valence-corrected chi connectivity index (χ4v) is 1.54. The quantitative estimate of drug-likeness (QED) is 0.865. The second kappa shape index (κ2) is 6.14. The van der Waals surface area contributed by atoms with Gasteiger partial charge in [-0.05, 0) is 32.4 Å². The summed E-state index contributed by atoms with van der Waals surface area (Å²) >= 11 is 0. The van der Waals surface area contributed by atoms with Gasteiger partial charge in [0.2, 0.25) is 0 Å². The van der Waals surface area contributed by atoms with Gasteiger partial charge in [0.25, 0.3) is 0 Å². The van der Waals surface area contributed by atoms with Crippen LogP contribution in [0.2, 0.25) is 0 Å². The smallest absolute Gasteiger partial charge is 0.319 e. The number of urea groups is 1. The van der Waals surface area contributed by atoms with Crippen LogP contribution in [-0.4, -0.2) is 26.3 Å². The van der Waals surface area contributed by atoms with Crippen molar-refractivity contribution in [1.82, 2.24) is 5.32 Å². The molecular formula is C13H20N2O3. The van der Waals surface area contributed by atoms with Gasteiger partial charge in [0.1, 0.15) is 0 Å². The Hall–Kier alpha value is -1.91. The zero-order valence-electron chi connectivity index (χ0n) is 11.5. The van der Waals surface area contributed by atoms with E-state index in [0.29, 0.717) is 17.2 Å². The summed E-state index contributed by atoms with van der Waals surface area (Å²) in [5.41, 5.74) is 1.61. The minimum atomic E-state index is -0.236. The maximum absolute atomic E-state index is 11.6. The predicted molar refractivity (Wildman–Crippen MR) is 71.6 cm³/mol. The highest BCUT2D eigenvalue weighted by atomic mass is 16.5. The van der Waals surface area contributed by atoms with E-state index in [-0.39, 0.29) is 12.1 Å². The molecule has 0 spiro atoms. The topological polar surface area (TPSA) is 59.6 Å². The molecule has 0 saturated carbocycles. The van der Waals surface area contributed by atoms with Crippen LogP contribution >= 0.6 is 0 Å². The molecule has 0 bridgehead atoms. The van der Waals surface area contributed by atoms with Crippen LogP contribution in [0.25, 0.3) is 0 Å². The van der Waals surface area contributed by atoms with E-state index in [2.05, 4.69) is 10.6 Å². The van der Waals surface area contributed by atoms with Crippen molar-refractivity contribution in [3.8, 4) is 11.5 Å². The minimum Gasteiger partial charge on any atom is -0.493 e. The molecule has 1 aromatic carbocycles. The molecule has 0 aliphatic heterocycles. The summed E-state index contributed by atoms with van der Waals surface area (Å²) in [6.07, 6.45) is 0. The number of rotatable bonds is 4. The van der Waals surface area contributed by atoms with Crippen molar-refractivity contribution in [2.45, 2.75) is 26.8 Å². The van der Waals surface area contributed by atoms with E-state index >= 15 is 0 Å². The van der Waals surface area contributed by atoms with Crippen molar-refractivity contribution < 1.29 is 14.3 Å². The zero-order valence-corrected chi connectivity index (χ0v) is 11.5. The summed E-state index contributed by atoms with van der Waals surface area (Å²) in [5.74, 6) is 1.23. The number of hydrogen-bond donors (Lipinski definition) is 2. The van der Waals surface area contributed by atoms with Crippen molar-refractivity contribution in [1.29, 1.82) is 0 Å². The van der Waals surface area contributed by atoms with Gasteiger partial charge in [-0.25, -0.2) is 4.79 Å². The summed E-state index contributed by atoms with van der Waals surface area (Å²) in [7, 11) is 3.14. The van der Waals surface area contributed by atoms with Crippen molar-refractivity contribution in [3.05, 3.63) is 17.7 Å². The maximum atomic E-state index is 11.6. The maximum Gasteiger partial charge on any atom is 0.319 e. The van der Waals surface area contributed by atoms with Gasteiger partial charge in [0.15, 0.2) is 11.5 Å². The summed E-state index contributed by atoms with van der Waals surface area (Å²) in [5, 5.41) is 5.54. The first kappa shape index (κ1) is 14.2. The zero-order chi connectivity index (χ0) is 13.7. The monoisotopic (exact) mass is 252 g/mol. The molecule has 100 valence electrons. The number of methoxy groups -OCH3 is 2. The first-order chi connectivity index (χ1) is 8.47. The van der Waals surface area contributed by atoms with E-state index in [0.717, 1.165) is 5.56 Å². The van der Waals surface area contributed by atoms with Gasteiger partial charge in [0, 0.05) is 17.8 Å². The van der Waals surface area contributed by atoms with Gasteiger partial charge >= 0.3 is 6.03 Å². The van der Waals surface area contributed by atoms with Crippen LogP contribution in [0.5, 0.6) is 11.5 Å². The SMILES string of the molecule is COc1cc(C)c(NC(=O)NC(C)C)cc1OC. The standard InChI is InChI=1S/C13H20N2O3/c1-8(2)14-13(16)15-10-7-12(18-5)11(17-4)6-9(10)3/h6-8H,1-5H3,(H2,14,15,16). The fraction of sp³-hybridized carbons (Fsp3) is 0.462. The molecule has 0 fully saturated rings. The Bertz CT molecular complexity index is 430. The van der Waals surface area contributed by atoms with Gasteiger partial charge < -0.3 is 20.1 Å². The summed E-state index contributed by atoms with van der Waals surface area (Å²) in [6.45, 7) is 5.70. The molecule has 0 saturated heterocycles. The number of amides is 2. The van der Waals surface area contributed by atoms with E-state index in [1.807, 2.05) is 26.8 Å². The Balaban J connectivity index is 2.92. The molecule has 5 nitrogen and oxygen atoms in total. The molecule has 1 rings (SSSR count). The van der Waals surface area contributed by atoms with E-state index in [1.54, 1.807) is 20.3 Å². The molecule has 0 unspecified atom stereocenters. The van der Waals surface area contributed by atoms with Crippen molar-refractivity contribution in [3.63, 3.8) is 0 Å². The number of carbonyl (C=O) groups is 1. The number of nitrogens with one attached hydrogen (secondary N) is 2. The normalized spacial score (nSPS) is 10.1. The summed E-state index contributed by atoms with van der Waals surface area (Å²) < 4.78 is 10.4. The number of anilines is 1. The fourth-order valence-electron chi connectivity index (χ4n) is 1.54. The van der Waals surface area contributed by atoms with Crippen LogP contribution in [0.1, 0.15) is 19.4 Å². The predicted octanol–water partition coefficient (Wildman–Crippen LogP) is 2.54. The van der Waals surface area contributed by atoms with Crippen LogP contribution < -0.4 is 20.1 Å². The highest BCUT2D eigenvalue weighted by Gasteiger charge is 2.11. The lowest BCUT2D eigenvalue weighted by atomic mass is 10.1. The minimum absolute atomic E-state index is 0.0884. The second-order valence-electron chi connectivity index (χ2n) is 4.28. The molecule has 0 heterocycles. The third-order valence-corrected chi connectivity index (χ3v) is 2.40. The second-order valence-corrected chi connectivity index (χ2v) is 4.28. The lowest BCUT2D eigenvalue weighted by Gasteiger charge is -2.15. The van der Waals surface area contributed by atoms with E-state index in [4.69, 9.17) is 9.47 Å². The Morgan fingerprint density at radius 2 is 1.72 bits per heavy atom. The Morgan fingerprint density at radius 3 is 2.22 bits per heavy atom. The summed E-state index contributed by atoms with van der Waals surface area (Å²) in [6, 6.07) is 3.42. The summed E-state index contributed by atoms with van der Waals surface area (Å²) in [4.78, 5) is 11.6. The van der Waals surface area contributed by atoms with Crippen molar-refractivity contribution >= 4 is 11.7 Å². The van der Waals surface area contributed by atoms with Gasteiger partial charge in [-0.1, -0.05) is 0 Å². The van der Waals surface area contributed by atoms with Gasteiger partial charge in [0.05, 0.1) is 14.2 Å². The molecule has 0 aliphatic rings. The average Bonchev–Trinajstić information content (AvgIpc) is 2.30. The van der Waals surface area contributed by atoms with E-state index < -0.39 is 0 Å². The molecule has 18 heavy (non-hydrogen) atoms. The number of aryl methyl sites for hydroxylation is 1. The Kier molecular flexibility index (Phi) is 4.83. The first-order valence-corrected chi connectivity index (χ1v) is 5.78. The number of hydrogen-bond acceptors (Lipinski definition) is 3. The van der Waals surface area contributed by atoms with E-state index in [1.165, 1.54) is 0 Å². The number of ether oxygens (including phenoxy) is 2. The average molecular weight is 252 g/mol. The number of benzene rings is 1. The van der Waals surface area contributed by atoms with Crippen LogP contribution in [0.15, 0.2) is 12.1 Å². The molecule has 0 radical (unpaired) electrons. The Morgan fingerprint density at radius 1 is 1.17 bits per heavy atom. The highest BCUT2D eigenvalue weighted by molar-refractivity contribution is 5.90. The molecular weight excluding hydrogens is 232 g/mol. The first-order valence-electron chi connectivity index (χ1n) is 5.78. The van der Waals surface area contributed by atoms with Gasteiger partial charge in [-0.3, -0.25) is 0 Å². The lowest BCUT2D eigenvalue weighted by Crippen LogP contribution is -2.34. The van der Waals surface area contributed by atoms with Crippen LogP contribution in [0, 0.1) is 6.92 Å².